The monoisotopic (exact) mass is 369 g/mol. The van der Waals surface area contributed by atoms with Crippen LogP contribution in [0.15, 0.2) is 18.2 Å². The number of halogens is 1. The zero-order chi connectivity index (χ0) is 14.0. The lowest BCUT2D eigenvalue weighted by atomic mass is 10.1. The van der Waals surface area contributed by atoms with Gasteiger partial charge in [-0.15, -0.1) is 0 Å². The highest BCUT2D eigenvalue weighted by molar-refractivity contribution is 14.1. The van der Waals surface area contributed by atoms with Crippen molar-refractivity contribution in [3.05, 3.63) is 38.6 Å². The number of anilines is 1. The standard InChI is InChI=1S/C14H16IN3O/c1-8-4-5-10(6-9(8)2)14-17-11(7-19-3)12(15)13(16)18-14/h4-6H,7H2,1-3H3,(H2,16,17,18). The highest BCUT2D eigenvalue weighted by Gasteiger charge is 2.11. The van der Waals surface area contributed by atoms with Crippen LogP contribution in [-0.4, -0.2) is 17.1 Å². The summed E-state index contributed by atoms with van der Waals surface area (Å²) in [5, 5.41) is 0. The third-order valence-electron chi connectivity index (χ3n) is 2.99. The molecule has 19 heavy (non-hydrogen) atoms. The molecule has 0 spiro atoms. The molecular weight excluding hydrogens is 353 g/mol. The topological polar surface area (TPSA) is 61.0 Å². The number of nitrogens with two attached hydrogens (primary N) is 1. The quantitative estimate of drug-likeness (QED) is 0.845. The predicted octanol–water partition coefficient (Wildman–Crippen LogP) is 3.09. The first-order chi connectivity index (χ1) is 9.02. The van der Waals surface area contributed by atoms with E-state index in [1.165, 1.54) is 11.1 Å². The summed E-state index contributed by atoms with van der Waals surface area (Å²) in [5.74, 6) is 1.14. The number of nitrogen functional groups attached to an aromatic ring is 1. The Labute approximate surface area is 126 Å². The molecule has 5 heteroatoms. The van der Waals surface area contributed by atoms with Gasteiger partial charge in [0, 0.05) is 12.7 Å². The molecule has 0 aliphatic carbocycles. The molecule has 0 radical (unpaired) electrons. The van der Waals surface area contributed by atoms with Crippen LogP contribution < -0.4 is 5.73 Å². The number of rotatable bonds is 3. The molecule has 0 atom stereocenters. The fourth-order valence-electron chi connectivity index (χ4n) is 1.75. The fraction of sp³-hybridized carbons (Fsp3) is 0.286. The number of aryl methyl sites for hydroxylation is 2. The van der Waals surface area contributed by atoms with E-state index in [1.54, 1.807) is 7.11 Å². The van der Waals surface area contributed by atoms with E-state index in [9.17, 15) is 0 Å². The van der Waals surface area contributed by atoms with Crippen molar-refractivity contribution in [2.75, 3.05) is 12.8 Å². The summed E-state index contributed by atoms with van der Waals surface area (Å²) in [7, 11) is 1.64. The molecule has 1 heterocycles. The van der Waals surface area contributed by atoms with E-state index in [0.717, 1.165) is 14.8 Å². The van der Waals surface area contributed by atoms with Crippen LogP contribution in [0.2, 0.25) is 0 Å². The SMILES string of the molecule is COCc1nc(-c2ccc(C)c(C)c2)nc(N)c1I. The van der Waals surface area contributed by atoms with Gasteiger partial charge in [0.25, 0.3) is 0 Å². The van der Waals surface area contributed by atoms with Gasteiger partial charge >= 0.3 is 0 Å². The maximum absolute atomic E-state index is 5.94. The van der Waals surface area contributed by atoms with Crippen LogP contribution in [-0.2, 0) is 11.3 Å². The molecule has 2 rings (SSSR count). The molecule has 1 aromatic heterocycles. The van der Waals surface area contributed by atoms with Gasteiger partial charge in [-0.3, -0.25) is 0 Å². The van der Waals surface area contributed by atoms with Crippen molar-refractivity contribution in [3.63, 3.8) is 0 Å². The second-order valence-corrected chi connectivity index (χ2v) is 5.50. The molecule has 0 unspecified atom stereocenters. The second-order valence-electron chi connectivity index (χ2n) is 4.43. The van der Waals surface area contributed by atoms with Crippen LogP contribution in [0.3, 0.4) is 0 Å². The van der Waals surface area contributed by atoms with Gasteiger partial charge in [0.05, 0.1) is 15.9 Å². The Kier molecular flexibility index (Phi) is 4.36. The Hall–Kier alpha value is -1.21. The van der Waals surface area contributed by atoms with Gasteiger partial charge < -0.3 is 10.5 Å². The van der Waals surface area contributed by atoms with Crippen molar-refractivity contribution >= 4 is 28.4 Å². The molecule has 0 fully saturated rings. The molecular formula is C14H16IN3O. The van der Waals surface area contributed by atoms with Crippen LogP contribution in [0.5, 0.6) is 0 Å². The lowest BCUT2D eigenvalue weighted by Crippen LogP contribution is -2.06. The van der Waals surface area contributed by atoms with Gasteiger partial charge in [0.15, 0.2) is 5.82 Å². The maximum atomic E-state index is 5.94. The maximum Gasteiger partial charge on any atom is 0.161 e. The lowest BCUT2D eigenvalue weighted by molar-refractivity contribution is 0.181. The van der Waals surface area contributed by atoms with Crippen molar-refractivity contribution in [1.29, 1.82) is 0 Å². The predicted molar refractivity (Wildman–Crippen MR) is 84.8 cm³/mol. The van der Waals surface area contributed by atoms with Crippen LogP contribution in [0.25, 0.3) is 11.4 Å². The summed E-state index contributed by atoms with van der Waals surface area (Å²) in [4.78, 5) is 8.90. The van der Waals surface area contributed by atoms with Gasteiger partial charge in [-0.25, -0.2) is 9.97 Å². The molecule has 0 saturated heterocycles. The van der Waals surface area contributed by atoms with Gasteiger partial charge in [-0.1, -0.05) is 12.1 Å². The van der Waals surface area contributed by atoms with Gasteiger partial charge in [-0.2, -0.15) is 0 Å². The number of methoxy groups -OCH3 is 1. The molecule has 0 bridgehead atoms. The summed E-state index contributed by atoms with van der Waals surface area (Å²) in [5.41, 5.74) is 10.2. The first-order valence-corrected chi connectivity index (χ1v) is 6.99. The summed E-state index contributed by atoms with van der Waals surface area (Å²) < 4.78 is 6.00. The van der Waals surface area contributed by atoms with E-state index in [4.69, 9.17) is 10.5 Å². The fourth-order valence-corrected chi connectivity index (χ4v) is 2.15. The minimum absolute atomic E-state index is 0.433. The van der Waals surface area contributed by atoms with Crippen molar-refractivity contribution < 1.29 is 4.74 Å². The lowest BCUT2D eigenvalue weighted by Gasteiger charge is -2.09. The summed E-state index contributed by atoms with van der Waals surface area (Å²) in [6.45, 7) is 4.59. The van der Waals surface area contributed by atoms with Gasteiger partial charge in [-0.05, 0) is 53.6 Å². The Morgan fingerprint density at radius 3 is 2.58 bits per heavy atom. The smallest absolute Gasteiger partial charge is 0.161 e. The highest BCUT2D eigenvalue weighted by atomic mass is 127. The van der Waals surface area contributed by atoms with Crippen molar-refractivity contribution in [1.82, 2.24) is 9.97 Å². The van der Waals surface area contributed by atoms with Gasteiger partial charge in [0.1, 0.15) is 5.82 Å². The molecule has 4 nitrogen and oxygen atoms in total. The van der Waals surface area contributed by atoms with Crippen LogP contribution in [0.4, 0.5) is 5.82 Å². The zero-order valence-electron chi connectivity index (χ0n) is 11.2. The first kappa shape index (κ1) is 14.2. The minimum Gasteiger partial charge on any atom is -0.383 e. The number of ether oxygens (including phenoxy) is 1. The van der Waals surface area contributed by atoms with E-state index in [2.05, 4.69) is 58.5 Å². The minimum atomic E-state index is 0.433. The van der Waals surface area contributed by atoms with E-state index < -0.39 is 0 Å². The molecule has 0 aliphatic rings. The average Bonchev–Trinajstić information content (AvgIpc) is 2.38. The summed E-state index contributed by atoms with van der Waals surface area (Å²) in [6.07, 6.45) is 0. The number of hydrogen-bond donors (Lipinski definition) is 1. The van der Waals surface area contributed by atoms with Gasteiger partial charge in [0.2, 0.25) is 0 Å². The normalized spacial score (nSPS) is 10.7. The number of hydrogen-bond acceptors (Lipinski definition) is 4. The van der Waals surface area contributed by atoms with Crippen molar-refractivity contribution in [3.8, 4) is 11.4 Å². The molecule has 0 amide bonds. The van der Waals surface area contributed by atoms with E-state index >= 15 is 0 Å². The second kappa shape index (κ2) is 5.83. The number of benzene rings is 1. The number of aromatic nitrogens is 2. The summed E-state index contributed by atoms with van der Waals surface area (Å²) >= 11 is 2.15. The first-order valence-electron chi connectivity index (χ1n) is 5.91. The van der Waals surface area contributed by atoms with Crippen LogP contribution in [0.1, 0.15) is 16.8 Å². The largest absolute Gasteiger partial charge is 0.383 e. The number of nitrogens with zero attached hydrogens (tertiary/aromatic N) is 2. The molecule has 100 valence electrons. The zero-order valence-corrected chi connectivity index (χ0v) is 13.4. The molecule has 1 aromatic carbocycles. The molecule has 2 N–H and O–H groups in total. The van der Waals surface area contributed by atoms with Crippen molar-refractivity contribution in [2.24, 2.45) is 0 Å². The highest BCUT2D eigenvalue weighted by Crippen LogP contribution is 2.24. The van der Waals surface area contributed by atoms with Crippen molar-refractivity contribution in [2.45, 2.75) is 20.5 Å². The van der Waals surface area contributed by atoms with E-state index in [1.807, 2.05) is 6.07 Å². The third-order valence-corrected chi connectivity index (χ3v) is 4.17. The third kappa shape index (κ3) is 3.03. The Morgan fingerprint density at radius 2 is 1.95 bits per heavy atom. The molecule has 2 aromatic rings. The van der Waals surface area contributed by atoms with Crippen LogP contribution in [0, 0.1) is 17.4 Å². The van der Waals surface area contributed by atoms with E-state index in [-0.39, 0.29) is 0 Å². The molecule has 0 saturated carbocycles. The summed E-state index contributed by atoms with van der Waals surface area (Å²) in [6, 6.07) is 6.16. The van der Waals surface area contributed by atoms with E-state index in [0.29, 0.717) is 18.2 Å². The Balaban J connectivity index is 2.52. The average molecular weight is 369 g/mol. The molecule has 0 aliphatic heterocycles. The Bertz CT molecular complexity index is 614. The van der Waals surface area contributed by atoms with Crippen LogP contribution >= 0.6 is 22.6 Å². The Morgan fingerprint density at radius 1 is 1.21 bits per heavy atom.